The molecule has 1 aromatic rings. The van der Waals surface area contributed by atoms with Gasteiger partial charge in [-0.1, -0.05) is 30.1 Å². The average Bonchev–Trinajstić information content (AvgIpc) is 2.59. The number of hydrogen-bond donors (Lipinski definition) is 3. The molecule has 0 aliphatic carbocycles. The number of phenolic OH excluding ortho intramolecular Hbond substituents is 2. The Hall–Kier alpha value is -1.25. The van der Waals surface area contributed by atoms with Crippen molar-refractivity contribution in [3.63, 3.8) is 0 Å². The Balaban J connectivity index is 2.38. The van der Waals surface area contributed by atoms with Gasteiger partial charge in [0.05, 0.1) is 17.7 Å². The van der Waals surface area contributed by atoms with Crippen LogP contribution in [0.25, 0.3) is 0 Å². The molecule has 0 amide bonds. The molecular formula is C16H20Cl2O7. The van der Waals surface area contributed by atoms with Gasteiger partial charge in [0, 0.05) is 7.11 Å². The number of aliphatic hydroxyl groups is 1. The monoisotopic (exact) mass is 394 g/mol. The van der Waals surface area contributed by atoms with Crippen molar-refractivity contribution in [3.8, 4) is 11.5 Å². The van der Waals surface area contributed by atoms with Gasteiger partial charge >= 0.3 is 5.97 Å². The lowest BCUT2D eigenvalue weighted by Gasteiger charge is -2.37. The standard InChI is InChI=1S/C16H20Cl2O7/c1-4-7-9(13(20)11(18)14(21)10(7)17)16(22)25-15-6(2)24-5-8(23-3)12(15)19/h6,8,12,15,19-21H,4-5H2,1-3H3. The lowest BCUT2D eigenvalue weighted by molar-refractivity contribution is -0.190. The average molecular weight is 395 g/mol. The maximum atomic E-state index is 12.6. The topological polar surface area (TPSA) is 105 Å². The molecule has 4 unspecified atom stereocenters. The lowest BCUT2D eigenvalue weighted by atomic mass is 9.99. The Morgan fingerprint density at radius 2 is 1.92 bits per heavy atom. The van der Waals surface area contributed by atoms with Gasteiger partial charge in [0.2, 0.25) is 0 Å². The Bertz CT molecular complexity index is 665. The van der Waals surface area contributed by atoms with Crippen molar-refractivity contribution < 1.29 is 34.3 Å². The molecule has 1 aliphatic heterocycles. The number of aromatic hydroxyl groups is 2. The van der Waals surface area contributed by atoms with Crippen LogP contribution in [0.15, 0.2) is 0 Å². The van der Waals surface area contributed by atoms with Crippen LogP contribution in [-0.2, 0) is 20.6 Å². The third kappa shape index (κ3) is 3.66. The number of ether oxygens (including phenoxy) is 3. The Kier molecular flexibility index (Phi) is 6.40. The van der Waals surface area contributed by atoms with E-state index in [1.165, 1.54) is 7.11 Å². The molecule has 2 rings (SSSR count). The van der Waals surface area contributed by atoms with E-state index in [0.717, 1.165) is 0 Å². The Morgan fingerprint density at radius 3 is 2.48 bits per heavy atom. The zero-order chi connectivity index (χ0) is 18.9. The molecule has 3 N–H and O–H groups in total. The van der Waals surface area contributed by atoms with E-state index in [0.29, 0.717) is 0 Å². The van der Waals surface area contributed by atoms with Crippen LogP contribution < -0.4 is 0 Å². The normalized spacial score (nSPS) is 26.5. The van der Waals surface area contributed by atoms with E-state index in [1.54, 1.807) is 13.8 Å². The van der Waals surface area contributed by atoms with Gasteiger partial charge in [0.15, 0.2) is 17.6 Å². The van der Waals surface area contributed by atoms with E-state index >= 15 is 0 Å². The minimum absolute atomic E-state index is 0.138. The fourth-order valence-corrected chi connectivity index (χ4v) is 3.31. The summed E-state index contributed by atoms with van der Waals surface area (Å²) in [6, 6.07) is 0. The summed E-state index contributed by atoms with van der Waals surface area (Å²) < 4.78 is 15.9. The van der Waals surface area contributed by atoms with Crippen LogP contribution in [0.4, 0.5) is 0 Å². The highest BCUT2D eigenvalue weighted by Crippen LogP contribution is 2.44. The van der Waals surface area contributed by atoms with Gasteiger partial charge in [-0.3, -0.25) is 0 Å². The highest BCUT2D eigenvalue weighted by Gasteiger charge is 2.41. The van der Waals surface area contributed by atoms with Gasteiger partial charge in [-0.05, 0) is 18.9 Å². The van der Waals surface area contributed by atoms with Crippen molar-refractivity contribution in [2.24, 2.45) is 0 Å². The molecule has 1 aromatic carbocycles. The fraction of sp³-hybridized carbons (Fsp3) is 0.562. The van der Waals surface area contributed by atoms with Crippen molar-refractivity contribution in [1.82, 2.24) is 0 Å². The first-order valence-corrected chi connectivity index (χ1v) is 8.45. The van der Waals surface area contributed by atoms with Crippen molar-refractivity contribution in [1.29, 1.82) is 0 Å². The number of rotatable bonds is 4. The number of phenols is 2. The first kappa shape index (κ1) is 20.1. The van der Waals surface area contributed by atoms with E-state index in [2.05, 4.69) is 0 Å². The molecule has 140 valence electrons. The molecule has 1 aliphatic rings. The van der Waals surface area contributed by atoms with Crippen LogP contribution >= 0.6 is 23.2 Å². The first-order valence-electron chi connectivity index (χ1n) is 7.69. The number of halogens is 2. The van der Waals surface area contributed by atoms with E-state index in [1.807, 2.05) is 0 Å². The van der Waals surface area contributed by atoms with E-state index in [9.17, 15) is 20.1 Å². The zero-order valence-electron chi connectivity index (χ0n) is 14.0. The van der Waals surface area contributed by atoms with Gasteiger partial charge in [-0.15, -0.1) is 0 Å². The highest BCUT2D eigenvalue weighted by molar-refractivity contribution is 6.39. The van der Waals surface area contributed by atoms with Gasteiger partial charge in [0.1, 0.15) is 22.8 Å². The molecule has 0 radical (unpaired) electrons. The van der Waals surface area contributed by atoms with E-state index in [-0.39, 0.29) is 29.2 Å². The minimum Gasteiger partial charge on any atom is -0.505 e. The summed E-state index contributed by atoms with van der Waals surface area (Å²) in [7, 11) is 1.41. The second-order valence-corrected chi connectivity index (χ2v) is 6.46. The molecule has 0 aromatic heterocycles. The second kappa shape index (κ2) is 7.97. The number of aliphatic hydroxyl groups excluding tert-OH is 1. The SMILES string of the molecule is CCc1c(Cl)c(O)c(Cl)c(O)c1C(=O)OC1C(C)OCC(OC)C1O. The lowest BCUT2D eigenvalue weighted by Crippen LogP contribution is -2.54. The van der Waals surface area contributed by atoms with Crippen LogP contribution in [0.5, 0.6) is 11.5 Å². The molecule has 1 saturated heterocycles. The number of hydrogen-bond acceptors (Lipinski definition) is 7. The summed E-state index contributed by atoms with van der Waals surface area (Å²) in [5, 5.41) is 29.7. The molecular weight excluding hydrogens is 375 g/mol. The van der Waals surface area contributed by atoms with Crippen molar-refractivity contribution in [3.05, 3.63) is 21.2 Å². The maximum Gasteiger partial charge on any atom is 0.342 e. The maximum absolute atomic E-state index is 12.6. The fourth-order valence-electron chi connectivity index (χ4n) is 2.75. The van der Waals surface area contributed by atoms with E-state index < -0.39 is 46.9 Å². The molecule has 7 nitrogen and oxygen atoms in total. The van der Waals surface area contributed by atoms with Crippen molar-refractivity contribution in [2.75, 3.05) is 13.7 Å². The van der Waals surface area contributed by atoms with Crippen molar-refractivity contribution >= 4 is 29.2 Å². The molecule has 1 heterocycles. The van der Waals surface area contributed by atoms with Crippen LogP contribution in [0.1, 0.15) is 29.8 Å². The number of carbonyl (C=O) groups excluding carboxylic acids is 1. The summed E-state index contributed by atoms with van der Waals surface area (Å²) in [6.45, 7) is 3.49. The molecule has 0 bridgehead atoms. The van der Waals surface area contributed by atoms with Crippen molar-refractivity contribution in [2.45, 2.75) is 44.7 Å². The summed E-state index contributed by atoms with van der Waals surface area (Å²) >= 11 is 11.8. The summed E-state index contributed by atoms with van der Waals surface area (Å²) in [5.41, 5.74) is -0.0672. The minimum atomic E-state index is -1.10. The largest absolute Gasteiger partial charge is 0.505 e. The summed E-state index contributed by atoms with van der Waals surface area (Å²) in [4.78, 5) is 12.6. The predicted molar refractivity (Wildman–Crippen MR) is 90.6 cm³/mol. The number of esters is 1. The molecule has 0 spiro atoms. The Labute approximate surface area is 155 Å². The smallest absolute Gasteiger partial charge is 0.342 e. The summed E-state index contributed by atoms with van der Waals surface area (Å²) in [5.74, 6) is -2.08. The quantitative estimate of drug-likeness (QED) is 0.672. The first-order chi connectivity index (χ1) is 11.7. The van der Waals surface area contributed by atoms with Gasteiger partial charge in [0.25, 0.3) is 0 Å². The van der Waals surface area contributed by atoms with Crippen LogP contribution in [0.2, 0.25) is 10.0 Å². The zero-order valence-corrected chi connectivity index (χ0v) is 15.5. The van der Waals surface area contributed by atoms with Gasteiger partial charge in [-0.25, -0.2) is 4.79 Å². The van der Waals surface area contributed by atoms with E-state index in [4.69, 9.17) is 37.4 Å². The highest BCUT2D eigenvalue weighted by atomic mass is 35.5. The molecule has 0 saturated carbocycles. The predicted octanol–water partition coefficient (Wildman–Crippen LogP) is 2.29. The molecule has 9 heteroatoms. The summed E-state index contributed by atoms with van der Waals surface area (Å²) in [6.07, 6.45) is -3.11. The second-order valence-electron chi connectivity index (χ2n) is 5.71. The molecule has 25 heavy (non-hydrogen) atoms. The van der Waals surface area contributed by atoms with Crippen LogP contribution in [0.3, 0.4) is 0 Å². The van der Waals surface area contributed by atoms with Crippen LogP contribution in [0, 0.1) is 0 Å². The number of benzene rings is 1. The third-order valence-corrected chi connectivity index (χ3v) is 5.00. The van der Waals surface area contributed by atoms with Gasteiger partial charge in [-0.2, -0.15) is 0 Å². The number of methoxy groups -OCH3 is 1. The molecule has 1 fully saturated rings. The third-order valence-electron chi connectivity index (χ3n) is 4.23. The Morgan fingerprint density at radius 1 is 1.28 bits per heavy atom. The molecule has 4 atom stereocenters. The number of carbonyl (C=O) groups is 1. The van der Waals surface area contributed by atoms with Gasteiger partial charge < -0.3 is 29.5 Å². The van der Waals surface area contributed by atoms with Crippen LogP contribution in [-0.4, -0.2) is 59.4 Å².